The first-order chi connectivity index (χ1) is 9.85. The number of hydrogen-bond acceptors (Lipinski definition) is 3. The van der Waals surface area contributed by atoms with Crippen LogP contribution in [-0.4, -0.2) is 21.3 Å². The van der Waals surface area contributed by atoms with E-state index in [-0.39, 0.29) is 11.5 Å². The molecule has 2 aromatic rings. The highest BCUT2D eigenvalue weighted by Crippen LogP contribution is 2.40. The van der Waals surface area contributed by atoms with Gasteiger partial charge in [-0.05, 0) is 35.4 Å². The largest absolute Gasteiger partial charge is 0.508 e. The van der Waals surface area contributed by atoms with Gasteiger partial charge in [-0.25, -0.2) is 0 Å². The van der Waals surface area contributed by atoms with E-state index in [1.54, 1.807) is 55.5 Å². The molecule has 4 heteroatoms. The molecule has 0 fully saturated rings. The zero-order valence-electron chi connectivity index (χ0n) is 11.9. The van der Waals surface area contributed by atoms with Crippen LogP contribution in [0.4, 0.5) is 0 Å². The van der Waals surface area contributed by atoms with Gasteiger partial charge in [-0.2, -0.15) is 0 Å². The van der Waals surface area contributed by atoms with Crippen LogP contribution in [0.25, 0.3) is 0 Å². The first-order valence-corrected chi connectivity index (χ1v) is 6.67. The number of carbonyl (C=O) groups is 1. The van der Waals surface area contributed by atoms with Crippen LogP contribution in [0.15, 0.2) is 48.5 Å². The van der Waals surface area contributed by atoms with Crippen molar-refractivity contribution in [2.45, 2.75) is 19.3 Å². The van der Waals surface area contributed by atoms with E-state index < -0.39 is 17.3 Å². The number of phenols is 2. The fourth-order valence-corrected chi connectivity index (χ4v) is 2.53. The molecule has 0 aliphatic rings. The van der Waals surface area contributed by atoms with Gasteiger partial charge in [0.15, 0.2) is 0 Å². The van der Waals surface area contributed by atoms with Gasteiger partial charge in [-0.1, -0.05) is 38.1 Å². The van der Waals surface area contributed by atoms with Gasteiger partial charge in [-0.15, -0.1) is 0 Å². The number of carboxylic acids is 1. The molecule has 21 heavy (non-hydrogen) atoms. The van der Waals surface area contributed by atoms with E-state index in [4.69, 9.17) is 0 Å². The average molecular weight is 286 g/mol. The minimum atomic E-state index is -0.904. The number of benzene rings is 2. The van der Waals surface area contributed by atoms with Crippen molar-refractivity contribution in [3.63, 3.8) is 0 Å². The van der Waals surface area contributed by atoms with E-state index in [0.717, 1.165) is 11.1 Å². The predicted octanol–water partition coefficient (Wildman–Crippen LogP) is 3.12. The third kappa shape index (κ3) is 2.70. The Bertz CT molecular complexity index is 583. The second-order valence-corrected chi connectivity index (χ2v) is 5.36. The van der Waals surface area contributed by atoms with Crippen molar-refractivity contribution in [3.8, 4) is 11.5 Å². The van der Waals surface area contributed by atoms with Gasteiger partial charge in [0.2, 0.25) is 0 Å². The molecule has 0 aliphatic carbocycles. The minimum Gasteiger partial charge on any atom is -0.508 e. The normalized spacial score (nSPS) is 12.9. The number of hydrogen-bond donors (Lipinski definition) is 3. The van der Waals surface area contributed by atoms with Crippen molar-refractivity contribution >= 4 is 5.97 Å². The smallest absolute Gasteiger partial charge is 0.307 e. The van der Waals surface area contributed by atoms with Crippen LogP contribution >= 0.6 is 0 Å². The summed E-state index contributed by atoms with van der Waals surface area (Å²) in [5.41, 5.74) is 0.814. The molecule has 0 aromatic heterocycles. The molecule has 3 N–H and O–H groups in total. The zero-order chi connectivity index (χ0) is 15.6. The van der Waals surface area contributed by atoms with E-state index in [2.05, 4.69) is 0 Å². The summed E-state index contributed by atoms with van der Waals surface area (Å²) in [7, 11) is 0. The lowest BCUT2D eigenvalue weighted by atomic mass is 9.68. The van der Waals surface area contributed by atoms with Gasteiger partial charge < -0.3 is 15.3 Å². The van der Waals surface area contributed by atoms with Gasteiger partial charge in [0.1, 0.15) is 11.5 Å². The minimum absolute atomic E-state index is 0.134. The Labute approximate surface area is 123 Å². The molecule has 0 saturated heterocycles. The molecule has 0 spiro atoms. The van der Waals surface area contributed by atoms with Gasteiger partial charge in [-0.3, -0.25) is 4.79 Å². The monoisotopic (exact) mass is 286 g/mol. The number of phenolic OH excluding ortho intramolecular Hbond substituents is 2. The predicted molar refractivity (Wildman–Crippen MR) is 79.5 cm³/mol. The Morgan fingerprint density at radius 2 is 1.24 bits per heavy atom. The highest BCUT2D eigenvalue weighted by Gasteiger charge is 2.39. The Morgan fingerprint density at radius 1 is 0.905 bits per heavy atom. The average Bonchev–Trinajstić information content (AvgIpc) is 2.47. The summed E-state index contributed by atoms with van der Waals surface area (Å²) in [6.07, 6.45) is 0. The van der Waals surface area contributed by atoms with Crippen LogP contribution in [-0.2, 0) is 10.2 Å². The molecule has 0 aliphatic heterocycles. The van der Waals surface area contributed by atoms with E-state index in [1.807, 2.05) is 6.92 Å². The second kappa shape index (κ2) is 5.48. The molecule has 0 heterocycles. The topological polar surface area (TPSA) is 77.8 Å². The molecule has 0 bridgehead atoms. The SMILES string of the molecule is CC(C(=O)O)C(C)(c1ccc(O)cc1)c1ccc(O)cc1. The van der Waals surface area contributed by atoms with Crippen LogP contribution in [0, 0.1) is 5.92 Å². The van der Waals surface area contributed by atoms with Crippen LogP contribution in [0.3, 0.4) is 0 Å². The van der Waals surface area contributed by atoms with E-state index >= 15 is 0 Å². The molecule has 4 nitrogen and oxygen atoms in total. The van der Waals surface area contributed by atoms with Crippen LogP contribution in [0.2, 0.25) is 0 Å². The molecule has 0 radical (unpaired) electrons. The molecular weight excluding hydrogens is 268 g/mol. The van der Waals surface area contributed by atoms with Crippen molar-refractivity contribution in [1.29, 1.82) is 0 Å². The summed E-state index contributed by atoms with van der Waals surface area (Å²) in [5.74, 6) is -1.31. The fourth-order valence-electron chi connectivity index (χ4n) is 2.53. The summed E-state index contributed by atoms with van der Waals surface area (Å²) >= 11 is 0. The van der Waals surface area contributed by atoms with Crippen LogP contribution in [0.5, 0.6) is 11.5 Å². The summed E-state index contributed by atoms with van der Waals surface area (Å²) in [4.78, 5) is 11.5. The molecule has 1 atom stereocenters. The van der Waals surface area contributed by atoms with Gasteiger partial charge in [0.25, 0.3) is 0 Å². The summed E-state index contributed by atoms with van der Waals surface area (Å²) in [5, 5.41) is 28.3. The molecule has 110 valence electrons. The van der Waals surface area contributed by atoms with Gasteiger partial charge >= 0.3 is 5.97 Å². The molecule has 1 unspecified atom stereocenters. The maximum absolute atomic E-state index is 11.5. The van der Waals surface area contributed by atoms with Crippen molar-refractivity contribution in [1.82, 2.24) is 0 Å². The molecule has 2 rings (SSSR count). The first-order valence-electron chi connectivity index (χ1n) is 6.67. The third-order valence-electron chi connectivity index (χ3n) is 4.17. The maximum Gasteiger partial charge on any atom is 0.307 e. The highest BCUT2D eigenvalue weighted by atomic mass is 16.4. The highest BCUT2D eigenvalue weighted by molar-refractivity contribution is 5.73. The van der Waals surface area contributed by atoms with E-state index in [0.29, 0.717) is 0 Å². The quantitative estimate of drug-likeness (QED) is 0.807. The third-order valence-corrected chi connectivity index (χ3v) is 4.17. The van der Waals surface area contributed by atoms with E-state index in [9.17, 15) is 20.1 Å². The maximum atomic E-state index is 11.5. The van der Waals surface area contributed by atoms with Gasteiger partial charge in [0, 0.05) is 5.41 Å². The lowest BCUT2D eigenvalue weighted by Gasteiger charge is -2.34. The number of rotatable bonds is 4. The summed E-state index contributed by atoms with van der Waals surface area (Å²) in [6, 6.07) is 13.1. The Hall–Kier alpha value is -2.49. The van der Waals surface area contributed by atoms with E-state index in [1.165, 1.54) is 0 Å². The Kier molecular flexibility index (Phi) is 3.89. The van der Waals surface area contributed by atoms with Crippen molar-refractivity contribution < 1.29 is 20.1 Å². The fraction of sp³-hybridized carbons (Fsp3) is 0.235. The lowest BCUT2D eigenvalue weighted by molar-refractivity contribution is -0.142. The van der Waals surface area contributed by atoms with Crippen molar-refractivity contribution in [3.05, 3.63) is 59.7 Å². The molecule has 0 saturated carbocycles. The van der Waals surface area contributed by atoms with Crippen molar-refractivity contribution in [2.24, 2.45) is 5.92 Å². The van der Waals surface area contributed by atoms with Gasteiger partial charge in [0.05, 0.1) is 5.92 Å². The lowest BCUT2D eigenvalue weighted by Crippen LogP contribution is -2.36. The van der Waals surface area contributed by atoms with Crippen LogP contribution < -0.4 is 0 Å². The van der Waals surface area contributed by atoms with Crippen LogP contribution in [0.1, 0.15) is 25.0 Å². The number of aliphatic carboxylic acids is 1. The molecule has 0 amide bonds. The second-order valence-electron chi connectivity index (χ2n) is 5.36. The molecular formula is C17H18O4. The summed E-state index contributed by atoms with van der Waals surface area (Å²) in [6.45, 7) is 3.51. The number of carboxylic acid groups (broad SMARTS) is 1. The molecule has 2 aromatic carbocycles. The zero-order valence-corrected chi connectivity index (χ0v) is 11.9. The van der Waals surface area contributed by atoms with Crippen molar-refractivity contribution in [2.75, 3.05) is 0 Å². The standard InChI is InChI=1S/C17H18O4/c1-11(16(20)21)17(2,12-3-7-14(18)8-4-12)13-5-9-15(19)10-6-13/h3-11,18-19H,1-2H3,(H,20,21). The number of aromatic hydroxyl groups is 2. The Morgan fingerprint density at radius 3 is 1.52 bits per heavy atom. The Balaban J connectivity index is 2.61. The first kappa shape index (κ1) is 14.9. The summed E-state index contributed by atoms with van der Waals surface area (Å²) < 4.78 is 0.